The van der Waals surface area contributed by atoms with Gasteiger partial charge in [-0.05, 0) is 61.2 Å². The molecule has 0 saturated carbocycles. The van der Waals surface area contributed by atoms with Crippen LogP contribution < -0.4 is 14.4 Å². The molecule has 0 radical (unpaired) electrons. The van der Waals surface area contributed by atoms with E-state index in [1.807, 2.05) is 36.0 Å². The number of rotatable bonds is 10. The molecule has 3 heterocycles. The third-order valence-electron chi connectivity index (χ3n) is 6.81. The molecule has 1 fully saturated rings. The second-order valence-electron chi connectivity index (χ2n) is 9.27. The molecule has 3 aromatic rings. The maximum Gasteiger partial charge on any atom is 0.214 e. The molecule has 184 valence electrons. The van der Waals surface area contributed by atoms with Crippen molar-refractivity contribution in [2.75, 3.05) is 56.6 Å². The number of ether oxygens (including phenoxy) is 2. The van der Waals surface area contributed by atoms with Gasteiger partial charge in [0.1, 0.15) is 12.4 Å². The van der Waals surface area contributed by atoms with E-state index in [2.05, 4.69) is 39.9 Å². The van der Waals surface area contributed by atoms with Crippen molar-refractivity contribution in [1.82, 2.24) is 9.88 Å². The van der Waals surface area contributed by atoms with Gasteiger partial charge in [0.2, 0.25) is 5.88 Å². The van der Waals surface area contributed by atoms with E-state index in [0.717, 1.165) is 68.5 Å². The quantitative estimate of drug-likeness (QED) is 0.292. The lowest BCUT2D eigenvalue weighted by atomic mass is 10.00. The van der Waals surface area contributed by atoms with Crippen molar-refractivity contribution in [2.24, 2.45) is 0 Å². The number of thioether (sulfide) groups is 1. The van der Waals surface area contributed by atoms with Crippen molar-refractivity contribution < 1.29 is 14.3 Å². The summed E-state index contributed by atoms with van der Waals surface area (Å²) in [6.07, 6.45) is 2.87. The van der Waals surface area contributed by atoms with Crippen molar-refractivity contribution in [2.45, 2.75) is 30.6 Å². The third kappa shape index (κ3) is 5.73. The van der Waals surface area contributed by atoms with E-state index in [-0.39, 0.29) is 6.61 Å². The second-order valence-corrected chi connectivity index (χ2v) is 10.3. The first-order chi connectivity index (χ1) is 17.2. The first-order valence-corrected chi connectivity index (χ1v) is 13.5. The van der Waals surface area contributed by atoms with Crippen LogP contribution >= 0.6 is 11.8 Å². The van der Waals surface area contributed by atoms with Gasteiger partial charge >= 0.3 is 0 Å². The Morgan fingerprint density at radius 1 is 1.06 bits per heavy atom. The smallest absolute Gasteiger partial charge is 0.214 e. The van der Waals surface area contributed by atoms with Crippen molar-refractivity contribution >= 4 is 34.6 Å². The number of fused-ring (bicyclic) bond motifs is 2. The Kier molecular flexibility index (Phi) is 7.74. The van der Waals surface area contributed by atoms with Gasteiger partial charge in [-0.25, -0.2) is 4.98 Å². The molecule has 2 aromatic carbocycles. The van der Waals surface area contributed by atoms with Crippen LogP contribution in [0.5, 0.6) is 11.6 Å². The summed E-state index contributed by atoms with van der Waals surface area (Å²) >= 11 is 2.00. The van der Waals surface area contributed by atoms with E-state index >= 15 is 0 Å². The number of pyridine rings is 1. The molecule has 1 aromatic heterocycles. The first-order valence-electron chi connectivity index (χ1n) is 12.5. The number of aldehydes is 1. The van der Waals surface area contributed by atoms with Gasteiger partial charge in [0.25, 0.3) is 0 Å². The Bertz CT molecular complexity index is 1160. The van der Waals surface area contributed by atoms with Crippen LogP contribution in [0.4, 0.5) is 5.69 Å². The van der Waals surface area contributed by atoms with Crippen LogP contribution in [0.15, 0.2) is 53.4 Å². The van der Waals surface area contributed by atoms with E-state index in [1.54, 1.807) is 11.6 Å². The van der Waals surface area contributed by atoms with Crippen molar-refractivity contribution in [3.63, 3.8) is 0 Å². The molecule has 0 aliphatic carbocycles. The van der Waals surface area contributed by atoms with Gasteiger partial charge in [0.15, 0.2) is 6.29 Å². The van der Waals surface area contributed by atoms with Crippen LogP contribution in [0.2, 0.25) is 0 Å². The average molecular weight is 492 g/mol. The van der Waals surface area contributed by atoms with Gasteiger partial charge in [-0.3, -0.25) is 9.69 Å². The summed E-state index contributed by atoms with van der Waals surface area (Å²) < 4.78 is 11.3. The van der Waals surface area contributed by atoms with Crippen LogP contribution in [0.1, 0.15) is 31.2 Å². The number of carbonyl (C=O) groups is 1. The Labute approximate surface area is 211 Å². The molecule has 1 saturated heterocycles. The topological polar surface area (TPSA) is 54.9 Å². The number of benzene rings is 2. The first kappa shape index (κ1) is 23.9. The molecule has 2 aliphatic heterocycles. The minimum absolute atomic E-state index is 0.0103. The summed E-state index contributed by atoms with van der Waals surface area (Å²) in [4.78, 5) is 21.6. The van der Waals surface area contributed by atoms with E-state index in [4.69, 9.17) is 9.47 Å². The third-order valence-corrected chi connectivity index (χ3v) is 8.15. The minimum atomic E-state index is 0.0103. The van der Waals surface area contributed by atoms with Gasteiger partial charge in [0, 0.05) is 60.0 Å². The van der Waals surface area contributed by atoms with Crippen molar-refractivity contribution in [3.05, 3.63) is 54.1 Å². The lowest BCUT2D eigenvalue weighted by Crippen LogP contribution is -2.47. The Morgan fingerprint density at radius 3 is 2.77 bits per heavy atom. The van der Waals surface area contributed by atoms with Crippen molar-refractivity contribution in [3.8, 4) is 11.6 Å². The number of nitrogens with zero attached hydrogens (tertiary/aromatic N) is 3. The van der Waals surface area contributed by atoms with E-state index in [0.29, 0.717) is 18.4 Å². The highest BCUT2D eigenvalue weighted by molar-refractivity contribution is 7.99. The van der Waals surface area contributed by atoms with E-state index in [9.17, 15) is 4.79 Å². The highest BCUT2D eigenvalue weighted by atomic mass is 32.2. The SMILES string of the molecule is CC1CSc2cccc(N3CCN(CCCCOc4ccc5ccc(OCC=O)nc5c4)CC3)c21. The van der Waals surface area contributed by atoms with Gasteiger partial charge in [-0.1, -0.05) is 13.0 Å². The van der Waals surface area contributed by atoms with Crippen molar-refractivity contribution in [1.29, 1.82) is 0 Å². The highest BCUT2D eigenvalue weighted by Crippen LogP contribution is 2.44. The number of hydrogen-bond donors (Lipinski definition) is 0. The Morgan fingerprint density at radius 2 is 1.91 bits per heavy atom. The molecule has 2 aliphatic rings. The molecule has 0 N–H and O–H groups in total. The molecule has 0 spiro atoms. The number of aromatic nitrogens is 1. The number of unbranched alkanes of at least 4 members (excludes halogenated alkanes) is 1. The normalized spacial score (nSPS) is 18.0. The fourth-order valence-electron chi connectivity index (χ4n) is 4.94. The number of piperazine rings is 1. The van der Waals surface area contributed by atoms with Crippen LogP contribution in [-0.4, -0.2) is 67.9 Å². The van der Waals surface area contributed by atoms with E-state index in [1.165, 1.54) is 16.3 Å². The molecule has 0 amide bonds. The fourth-order valence-corrected chi connectivity index (χ4v) is 6.17. The predicted molar refractivity (Wildman–Crippen MR) is 142 cm³/mol. The zero-order chi connectivity index (χ0) is 24.0. The maximum absolute atomic E-state index is 10.5. The summed E-state index contributed by atoms with van der Waals surface area (Å²) in [5, 5.41) is 1.02. The van der Waals surface area contributed by atoms with Gasteiger partial charge in [0.05, 0.1) is 12.1 Å². The Hall–Kier alpha value is -2.77. The lowest BCUT2D eigenvalue weighted by molar-refractivity contribution is -0.109. The number of hydrogen-bond acceptors (Lipinski definition) is 7. The zero-order valence-electron chi connectivity index (χ0n) is 20.3. The molecular weight excluding hydrogens is 458 g/mol. The molecule has 6 nitrogen and oxygen atoms in total. The maximum atomic E-state index is 10.5. The summed E-state index contributed by atoms with van der Waals surface area (Å²) in [5.41, 5.74) is 3.83. The van der Waals surface area contributed by atoms with Gasteiger partial charge in [-0.2, -0.15) is 0 Å². The second kappa shape index (κ2) is 11.3. The molecule has 1 unspecified atom stereocenters. The largest absolute Gasteiger partial charge is 0.494 e. The number of anilines is 1. The van der Waals surface area contributed by atoms with Gasteiger partial charge in [-0.15, -0.1) is 11.8 Å². The summed E-state index contributed by atoms with van der Waals surface area (Å²) in [6.45, 7) is 8.63. The van der Waals surface area contributed by atoms with E-state index < -0.39 is 0 Å². The Balaban J connectivity index is 1.05. The standard InChI is InChI=1S/C28H33N3O3S/c1-21-20-35-26-6-4-5-25(28(21)26)31-14-12-30(13-15-31)11-2-3-17-33-23-9-7-22-8-10-27(34-18-16-32)29-24(22)19-23/h4-10,16,19,21H,2-3,11-15,17-18,20H2,1H3. The van der Waals surface area contributed by atoms with Crippen LogP contribution in [0.3, 0.4) is 0 Å². The lowest BCUT2D eigenvalue weighted by Gasteiger charge is -2.37. The summed E-state index contributed by atoms with van der Waals surface area (Å²) in [7, 11) is 0. The molecule has 35 heavy (non-hydrogen) atoms. The zero-order valence-corrected chi connectivity index (χ0v) is 21.1. The monoisotopic (exact) mass is 491 g/mol. The van der Waals surface area contributed by atoms with Crippen LogP contribution in [0, 0.1) is 0 Å². The van der Waals surface area contributed by atoms with Crippen LogP contribution in [0.25, 0.3) is 10.9 Å². The summed E-state index contributed by atoms with van der Waals surface area (Å²) in [5.74, 6) is 3.13. The fraction of sp³-hybridized carbons (Fsp3) is 0.429. The average Bonchev–Trinajstić information content (AvgIpc) is 3.28. The van der Waals surface area contributed by atoms with Crippen LogP contribution in [-0.2, 0) is 4.79 Å². The highest BCUT2D eigenvalue weighted by Gasteiger charge is 2.26. The molecule has 0 bridgehead atoms. The minimum Gasteiger partial charge on any atom is -0.494 e. The van der Waals surface area contributed by atoms with Gasteiger partial charge < -0.3 is 14.4 Å². The molecule has 5 rings (SSSR count). The summed E-state index contributed by atoms with van der Waals surface area (Å²) in [6, 6.07) is 16.4. The number of carbonyl (C=O) groups excluding carboxylic acids is 1. The molecular formula is C28H33N3O3S. The predicted octanol–water partition coefficient (Wildman–Crippen LogP) is 5.00. The molecule has 1 atom stereocenters. The molecule has 7 heteroatoms.